The number of hydrazone groups is 1. The van der Waals surface area contributed by atoms with Gasteiger partial charge in [-0.15, -0.1) is 0 Å². The summed E-state index contributed by atoms with van der Waals surface area (Å²) in [7, 11) is 0. The number of carbonyl (C=O) groups excluding carboxylic acids is 1. The van der Waals surface area contributed by atoms with Crippen LogP contribution < -0.4 is 5.43 Å². The van der Waals surface area contributed by atoms with Crippen molar-refractivity contribution in [3.63, 3.8) is 0 Å². The molecule has 0 aliphatic carbocycles. The van der Waals surface area contributed by atoms with Crippen LogP contribution in [-0.2, 0) is 6.42 Å². The highest BCUT2D eigenvalue weighted by molar-refractivity contribution is 5.98. The van der Waals surface area contributed by atoms with Crippen LogP contribution in [0, 0.1) is 17.2 Å². The lowest BCUT2D eigenvalue weighted by Crippen LogP contribution is -2.62. The molecule has 2 atom stereocenters. The number of nitrogens with zero attached hydrogens (tertiary/aromatic N) is 3. The first-order valence-corrected chi connectivity index (χ1v) is 10.2. The SMILES string of the molecule is O=C(N/N=C1/C2CN3CCN(C2)CC1(Cc1ccccc1)C3)c1ccc(F)cc1. The molecular weight excluding hydrogens is 367 g/mol. The van der Waals surface area contributed by atoms with E-state index in [2.05, 4.69) is 39.5 Å². The van der Waals surface area contributed by atoms with Gasteiger partial charge in [0.1, 0.15) is 5.82 Å². The molecular formula is C23H25FN4O. The molecule has 4 saturated heterocycles. The Morgan fingerprint density at radius 3 is 2.34 bits per heavy atom. The van der Waals surface area contributed by atoms with Crippen LogP contribution in [0.2, 0.25) is 0 Å². The van der Waals surface area contributed by atoms with E-state index in [4.69, 9.17) is 5.10 Å². The summed E-state index contributed by atoms with van der Waals surface area (Å²) in [5.41, 5.74) is 5.51. The van der Waals surface area contributed by atoms with Crippen LogP contribution >= 0.6 is 0 Å². The smallest absolute Gasteiger partial charge is 0.271 e. The van der Waals surface area contributed by atoms with Crippen molar-refractivity contribution in [2.45, 2.75) is 6.42 Å². The summed E-state index contributed by atoms with van der Waals surface area (Å²) in [5, 5.41) is 4.70. The van der Waals surface area contributed by atoms with Gasteiger partial charge in [0.2, 0.25) is 0 Å². The Balaban J connectivity index is 1.45. The molecule has 29 heavy (non-hydrogen) atoms. The Morgan fingerprint density at radius 2 is 1.69 bits per heavy atom. The summed E-state index contributed by atoms with van der Waals surface area (Å²) in [5.74, 6) is -0.313. The van der Waals surface area contributed by atoms with Crippen LogP contribution in [-0.4, -0.2) is 60.7 Å². The topological polar surface area (TPSA) is 47.9 Å². The van der Waals surface area contributed by atoms with Gasteiger partial charge in [-0.1, -0.05) is 30.3 Å². The van der Waals surface area contributed by atoms with Gasteiger partial charge in [-0.25, -0.2) is 9.82 Å². The number of carbonyl (C=O) groups is 1. The Hall–Kier alpha value is -2.57. The van der Waals surface area contributed by atoms with E-state index >= 15 is 0 Å². The zero-order valence-corrected chi connectivity index (χ0v) is 16.4. The third-order valence-corrected chi connectivity index (χ3v) is 6.44. The van der Waals surface area contributed by atoms with Crippen molar-refractivity contribution >= 4 is 11.6 Å². The summed E-state index contributed by atoms with van der Waals surface area (Å²) in [6.45, 7) is 6.14. The van der Waals surface area contributed by atoms with E-state index in [1.54, 1.807) is 0 Å². The lowest BCUT2D eigenvalue weighted by Gasteiger charge is -2.50. The second-order valence-electron chi connectivity index (χ2n) is 8.55. The van der Waals surface area contributed by atoms with Crippen LogP contribution in [0.4, 0.5) is 4.39 Å². The Kier molecular flexibility index (Phi) is 4.68. The van der Waals surface area contributed by atoms with E-state index in [0.29, 0.717) is 11.5 Å². The second kappa shape index (κ2) is 7.35. The molecule has 1 amide bonds. The molecule has 4 fully saturated rings. The number of benzene rings is 2. The first-order valence-electron chi connectivity index (χ1n) is 10.2. The van der Waals surface area contributed by atoms with Gasteiger partial charge in [-0.05, 0) is 36.2 Å². The molecule has 2 unspecified atom stereocenters. The van der Waals surface area contributed by atoms with Crippen molar-refractivity contribution in [3.8, 4) is 0 Å². The van der Waals surface area contributed by atoms with Gasteiger partial charge in [0.25, 0.3) is 5.91 Å². The third-order valence-electron chi connectivity index (χ3n) is 6.44. The van der Waals surface area contributed by atoms with E-state index in [-0.39, 0.29) is 17.1 Å². The minimum atomic E-state index is -0.352. The van der Waals surface area contributed by atoms with E-state index < -0.39 is 0 Å². The summed E-state index contributed by atoms with van der Waals surface area (Å²) >= 11 is 0. The fourth-order valence-corrected chi connectivity index (χ4v) is 5.28. The molecule has 150 valence electrons. The van der Waals surface area contributed by atoms with Gasteiger partial charge >= 0.3 is 0 Å². The van der Waals surface area contributed by atoms with Crippen LogP contribution in [0.15, 0.2) is 59.7 Å². The van der Waals surface area contributed by atoms with Gasteiger partial charge in [-0.3, -0.25) is 4.79 Å². The molecule has 6 heteroatoms. The van der Waals surface area contributed by atoms with E-state index in [9.17, 15) is 9.18 Å². The van der Waals surface area contributed by atoms with Crippen molar-refractivity contribution in [3.05, 3.63) is 71.5 Å². The van der Waals surface area contributed by atoms with Crippen molar-refractivity contribution in [1.82, 2.24) is 15.2 Å². The molecule has 4 heterocycles. The summed E-state index contributed by atoms with van der Waals surface area (Å²) in [4.78, 5) is 17.7. The summed E-state index contributed by atoms with van der Waals surface area (Å²) in [6.07, 6.45) is 0.919. The number of hydrogen-bond donors (Lipinski definition) is 1. The van der Waals surface area contributed by atoms with Gasteiger partial charge < -0.3 is 9.80 Å². The van der Waals surface area contributed by atoms with Crippen LogP contribution in [0.3, 0.4) is 0 Å². The normalized spacial score (nSPS) is 31.6. The number of piperidine rings is 2. The molecule has 2 aromatic carbocycles. The number of nitrogens with one attached hydrogen (secondary N) is 1. The largest absolute Gasteiger partial charge is 0.300 e. The summed E-state index contributed by atoms with van der Waals surface area (Å²) in [6, 6.07) is 16.1. The number of fused-ring (bicyclic) bond motifs is 1. The first kappa shape index (κ1) is 18.5. The van der Waals surface area contributed by atoms with Crippen molar-refractivity contribution < 1.29 is 9.18 Å². The molecule has 0 spiro atoms. The van der Waals surface area contributed by atoms with E-state index in [0.717, 1.165) is 51.4 Å². The fraction of sp³-hybridized carbons (Fsp3) is 0.391. The Labute approximate surface area is 170 Å². The van der Waals surface area contributed by atoms with E-state index in [1.807, 2.05) is 6.07 Å². The molecule has 0 aromatic heterocycles. The molecule has 0 saturated carbocycles. The lowest BCUT2D eigenvalue weighted by atomic mass is 9.67. The van der Waals surface area contributed by atoms with Crippen LogP contribution in [0.5, 0.6) is 0 Å². The molecule has 4 aliphatic heterocycles. The maximum atomic E-state index is 13.2. The van der Waals surface area contributed by atoms with Crippen molar-refractivity contribution in [2.24, 2.45) is 16.4 Å². The van der Waals surface area contributed by atoms with Gasteiger partial charge in [0.15, 0.2) is 0 Å². The fourth-order valence-electron chi connectivity index (χ4n) is 5.28. The predicted octanol–water partition coefficient (Wildman–Crippen LogP) is 2.40. The van der Waals surface area contributed by atoms with Gasteiger partial charge in [0, 0.05) is 56.2 Å². The maximum absolute atomic E-state index is 13.2. The Bertz CT molecular complexity index is 912. The summed E-state index contributed by atoms with van der Waals surface area (Å²) < 4.78 is 13.2. The number of rotatable bonds is 4. The zero-order chi connectivity index (χ0) is 19.8. The maximum Gasteiger partial charge on any atom is 0.271 e. The zero-order valence-electron chi connectivity index (χ0n) is 16.4. The standard InChI is InChI=1S/C23H25FN4O/c24-20-8-6-18(7-9-20)22(29)26-25-21-19-13-27-10-11-28(14-19)16-23(21,15-27)12-17-4-2-1-3-5-17/h1-9,19H,10-16H2,(H,26,29)/b25-21-. The molecule has 4 bridgehead atoms. The predicted molar refractivity (Wildman–Crippen MR) is 110 cm³/mol. The van der Waals surface area contributed by atoms with Gasteiger partial charge in [-0.2, -0.15) is 5.10 Å². The molecule has 6 rings (SSSR count). The highest BCUT2D eigenvalue weighted by atomic mass is 19.1. The van der Waals surface area contributed by atoms with Crippen molar-refractivity contribution in [1.29, 1.82) is 0 Å². The average Bonchev–Trinajstić information content (AvgIpc) is 2.96. The van der Waals surface area contributed by atoms with Crippen LogP contribution in [0.1, 0.15) is 15.9 Å². The third kappa shape index (κ3) is 3.58. The molecule has 2 aromatic rings. The number of hydrogen-bond acceptors (Lipinski definition) is 4. The second-order valence-corrected chi connectivity index (χ2v) is 8.55. The molecule has 4 aliphatic rings. The monoisotopic (exact) mass is 392 g/mol. The minimum Gasteiger partial charge on any atom is -0.300 e. The lowest BCUT2D eigenvalue weighted by molar-refractivity contribution is 0.0945. The van der Waals surface area contributed by atoms with Gasteiger partial charge in [0.05, 0.1) is 5.71 Å². The highest BCUT2D eigenvalue weighted by Gasteiger charge is 2.52. The number of amides is 1. The molecule has 5 nitrogen and oxygen atoms in total. The molecule has 1 N–H and O–H groups in total. The first-order chi connectivity index (χ1) is 14.1. The van der Waals surface area contributed by atoms with Crippen LogP contribution in [0.25, 0.3) is 0 Å². The minimum absolute atomic E-state index is 0.0882. The molecule has 0 radical (unpaired) electrons. The Morgan fingerprint density at radius 1 is 1.03 bits per heavy atom. The van der Waals surface area contributed by atoms with Crippen molar-refractivity contribution in [2.75, 3.05) is 39.3 Å². The average molecular weight is 392 g/mol. The number of halogens is 1. The highest BCUT2D eigenvalue weighted by Crippen LogP contribution is 2.41. The van der Waals surface area contributed by atoms with E-state index in [1.165, 1.54) is 29.8 Å². The quantitative estimate of drug-likeness (QED) is 0.813.